The van der Waals surface area contributed by atoms with Crippen LogP contribution in [0.4, 0.5) is 0 Å². The summed E-state index contributed by atoms with van der Waals surface area (Å²) in [4.78, 5) is 32.4. The first-order valence-electron chi connectivity index (χ1n) is 7.36. The molecule has 0 fully saturated rings. The molecule has 2 aromatic heterocycles. The topological polar surface area (TPSA) is 83.0 Å². The van der Waals surface area contributed by atoms with Gasteiger partial charge in [0.15, 0.2) is 5.16 Å². The monoisotopic (exact) mass is 360 g/mol. The van der Waals surface area contributed by atoms with Crippen molar-refractivity contribution < 1.29 is 9.90 Å². The molecular formula is C17H16N2O3S2. The Hall–Kier alpha value is -2.12. The largest absolute Gasteiger partial charge is 0.480 e. The number of hydrogen-bond donors (Lipinski definition) is 2. The molecule has 0 aliphatic carbocycles. The Bertz CT molecular complexity index is 974. The van der Waals surface area contributed by atoms with E-state index in [1.807, 2.05) is 38.1 Å². The number of thiophene rings is 1. The fourth-order valence-corrected chi connectivity index (χ4v) is 4.28. The third kappa shape index (κ3) is 3.09. The van der Waals surface area contributed by atoms with Crippen LogP contribution in [0.1, 0.15) is 17.4 Å². The van der Waals surface area contributed by atoms with Gasteiger partial charge in [-0.1, -0.05) is 41.6 Å². The van der Waals surface area contributed by atoms with Gasteiger partial charge in [0.1, 0.15) is 10.1 Å². The molecule has 24 heavy (non-hydrogen) atoms. The van der Waals surface area contributed by atoms with E-state index in [4.69, 9.17) is 5.11 Å². The number of fused-ring (bicyclic) bond motifs is 1. The number of aliphatic carboxylic acids is 1. The number of H-pyrrole nitrogens is 1. The van der Waals surface area contributed by atoms with E-state index in [0.717, 1.165) is 33.3 Å². The van der Waals surface area contributed by atoms with Gasteiger partial charge < -0.3 is 10.1 Å². The van der Waals surface area contributed by atoms with Crippen molar-refractivity contribution in [2.45, 2.75) is 31.2 Å². The van der Waals surface area contributed by atoms with Crippen LogP contribution in [0.3, 0.4) is 0 Å². The van der Waals surface area contributed by atoms with E-state index >= 15 is 0 Å². The van der Waals surface area contributed by atoms with Crippen LogP contribution in [0.15, 0.2) is 34.2 Å². The van der Waals surface area contributed by atoms with Crippen LogP contribution < -0.4 is 5.56 Å². The van der Waals surface area contributed by atoms with E-state index < -0.39 is 11.2 Å². The zero-order valence-corrected chi connectivity index (χ0v) is 15.0. The van der Waals surface area contributed by atoms with Gasteiger partial charge in [-0.3, -0.25) is 9.59 Å². The van der Waals surface area contributed by atoms with Crippen LogP contribution >= 0.6 is 23.1 Å². The van der Waals surface area contributed by atoms with E-state index in [1.165, 1.54) is 11.3 Å². The maximum absolute atomic E-state index is 12.6. The van der Waals surface area contributed by atoms with Gasteiger partial charge >= 0.3 is 5.97 Å². The number of carbonyl (C=O) groups is 1. The molecule has 1 aromatic carbocycles. The predicted molar refractivity (Wildman–Crippen MR) is 98.1 cm³/mol. The van der Waals surface area contributed by atoms with Crippen LogP contribution in [0.2, 0.25) is 0 Å². The third-order valence-electron chi connectivity index (χ3n) is 3.69. The zero-order valence-electron chi connectivity index (χ0n) is 13.4. The van der Waals surface area contributed by atoms with Crippen LogP contribution in [0.5, 0.6) is 0 Å². The average Bonchev–Trinajstić information content (AvgIpc) is 2.84. The van der Waals surface area contributed by atoms with Crippen molar-refractivity contribution in [3.05, 3.63) is 45.1 Å². The SMILES string of the molecule is Cc1ccc(-c2c(C)sc3nc(SC(C)C(=O)O)[nH]c(=O)c23)cc1. The van der Waals surface area contributed by atoms with Crippen molar-refractivity contribution in [3.63, 3.8) is 0 Å². The lowest BCUT2D eigenvalue weighted by Gasteiger charge is -2.05. The molecule has 7 heteroatoms. The quantitative estimate of drug-likeness (QED) is 0.546. The standard InChI is InChI=1S/C17H16N2O3S2/c1-8-4-6-11(7-5-8)12-9(2)23-15-13(12)14(20)18-17(19-15)24-10(3)16(21)22/h4-7,10H,1-3H3,(H,21,22)(H,18,19,20). The summed E-state index contributed by atoms with van der Waals surface area (Å²) >= 11 is 2.48. The number of rotatable bonds is 4. The highest BCUT2D eigenvalue weighted by atomic mass is 32.2. The molecule has 0 aliphatic heterocycles. The minimum atomic E-state index is -0.939. The van der Waals surface area contributed by atoms with Gasteiger partial charge in [0, 0.05) is 10.4 Å². The number of nitrogens with one attached hydrogen (secondary N) is 1. The lowest BCUT2D eigenvalue weighted by molar-refractivity contribution is -0.136. The number of carboxylic acids is 1. The Morgan fingerprint density at radius 2 is 1.96 bits per heavy atom. The first kappa shape index (κ1) is 16.7. The van der Waals surface area contributed by atoms with Gasteiger partial charge in [0.05, 0.1) is 5.39 Å². The lowest BCUT2D eigenvalue weighted by atomic mass is 10.0. The molecule has 3 rings (SSSR count). The van der Waals surface area contributed by atoms with Crippen molar-refractivity contribution in [1.29, 1.82) is 0 Å². The highest BCUT2D eigenvalue weighted by Gasteiger charge is 2.19. The first-order chi connectivity index (χ1) is 11.4. The summed E-state index contributed by atoms with van der Waals surface area (Å²) in [7, 11) is 0. The number of nitrogens with zero attached hydrogens (tertiary/aromatic N) is 1. The van der Waals surface area contributed by atoms with Gasteiger partial charge in [-0.2, -0.15) is 0 Å². The maximum Gasteiger partial charge on any atom is 0.316 e. The van der Waals surface area contributed by atoms with Crippen molar-refractivity contribution >= 4 is 39.3 Å². The summed E-state index contributed by atoms with van der Waals surface area (Å²) in [6.07, 6.45) is 0. The number of hydrogen-bond acceptors (Lipinski definition) is 5. The summed E-state index contributed by atoms with van der Waals surface area (Å²) in [5, 5.41) is 9.23. The highest BCUT2D eigenvalue weighted by Crippen LogP contribution is 2.36. The van der Waals surface area contributed by atoms with Gasteiger partial charge in [0.2, 0.25) is 0 Å². The molecule has 0 radical (unpaired) electrons. The second-order valence-corrected chi connectivity index (χ2v) is 8.08. The number of benzene rings is 1. The second kappa shape index (κ2) is 6.41. The van der Waals surface area contributed by atoms with Gasteiger partial charge in [0.25, 0.3) is 5.56 Å². The Kier molecular flexibility index (Phi) is 4.47. The van der Waals surface area contributed by atoms with Crippen molar-refractivity contribution in [2.75, 3.05) is 0 Å². The van der Waals surface area contributed by atoms with Crippen LogP contribution in [-0.2, 0) is 4.79 Å². The maximum atomic E-state index is 12.6. The van der Waals surface area contributed by atoms with Gasteiger partial charge in [-0.25, -0.2) is 4.98 Å². The Balaban J connectivity index is 2.13. The predicted octanol–water partition coefficient (Wildman–Crippen LogP) is 3.83. The number of aryl methyl sites for hydroxylation is 2. The molecule has 1 unspecified atom stereocenters. The molecule has 0 saturated carbocycles. The van der Waals surface area contributed by atoms with Crippen molar-refractivity contribution in [1.82, 2.24) is 9.97 Å². The summed E-state index contributed by atoms with van der Waals surface area (Å²) in [6.45, 7) is 5.55. The van der Waals surface area contributed by atoms with E-state index in [-0.39, 0.29) is 5.56 Å². The molecule has 2 heterocycles. The third-order valence-corrected chi connectivity index (χ3v) is 5.66. The molecule has 3 aromatic rings. The molecule has 0 amide bonds. The van der Waals surface area contributed by atoms with Crippen LogP contribution in [0.25, 0.3) is 21.3 Å². The van der Waals surface area contributed by atoms with E-state index in [2.05, 4.69) is 9.97 Å². The van der Waals surface area contributed by atoms with E-state index in [1.54, 1.807) is 6.92 Å². The summed E-state index contributed by atoms with van der Waals surface area (Å²) in [5.41, 5.74) is 2.80. The second-order valence-electron chi connectivity index (χ2n) is 5.55. The zero-order chi connectivity index (χ0) is 17.4. The molecule has 1 atom stereocenters. The highest BCUT2D eigenvalue weighted by molar-refractivity contribution is 8.00. The summed E-state index contributed by atoms with van der Waals surface area (Å²) in [6, 6.07) is 8.02. The average molecular weight is 360 g/mol. The fraction of sp³-hybridized carbons (Fsp3) is 0.235. The number of thioether (sulfide) groups is 1. The first-order valence-corrected chi connectivity index (χ1v) is 9.06. The molecular weight excluding hydrogens is 344 g/mol. The number of aromatic nitrogens is 2. The summed E-state index contributed by atoms with van der Waals surface area (Å²) < 4.78 is 0. The lowest BCUT2D eigenvalue weighted by Crippen LogP contribution is -2.14. The van der Waals surface area contributed by atoms with Crippen molar-refractivity contribution in [3.8, 4) is 11.1 Å². The fourth-order valence-electron chi connectivity index (χ4n) is 2.44. The minimum absolute atomic E-state index is 0.236. The Morgan fingerprint density at radius 3 is 2.58 bits per heavy atom. The van der Waals surface area contributed by atoms with Crippen LogP contribution in [-0.4, -0.2) is 26.3 Å². The van der Waals surface area contributed by atoms with E-state index in [0.29, 0.717) is 15.4 Å². The number of carboxylic acid groups (broad SMARTS) is 1. The Morgan fingerprint density at radius 1 is 1.29 bits per heavy atom. The molecule has 0 bridgehead atoms. The molecule has 2 N–H and O–H groups in total. The normalized spacial score (nSPS) is 12.5. The number of aromatic amines is 1. The van der Waals surface area contributed by atoms with E-state index in [9.17, 15) is 9.59 Å². The molecule has 5 nitrogen and oxygen atoms in total. The molecule has 124 valence electrons. The van der Waals surface area contributed by atoms with Crippen LogP contribution in [0, 0.1) is 13.8 Å². The minimum Gasteiger partial charge on any atom is -0.480 e. The summed E-state index contributed by atoms with van der Waals surface area (Å²) in [5.74, 6) is -0.939. The molecule has 0 saturated heterocycles. The van der Waals surface area contributed by atoms with Crippen molar-refractivity contribution in [2.24, 2.45) is 0 Å². The molecule has 0 aliphatic rings. The smallest absolute Gasteiger partial charge is 0.316 e. The van der Waals surface area contributed by atoms with Gasteiger partial charge in [-0.05, 0) is 26.3 Å². The molecule has 0 spiro atoms. The van der Waals surface area contributed by atoms with Gasteiger partial charge in [-0.15, -0.1) is 11.3 Å². The Labute approximate surface area is 146 Å².